The lowest BCUT2D eigenvalue weighted by atomic mass is 10.0. The van der Waals surface area contributed by atoms with Crippen molar-refractivity contribution in [2.75, 3.05) is 18.1 Å². The average Bonchev–Trinajstić information content (AvgIpc) is 3.35. The van der Waals surface area contributed by atoms with E-state index in [1.165, 1.54) is 0 Å². The Bertz CT molecular complexity index is 1230. The maximum Gasteiger partial charge on any atom is 0.414 e. The van der Waals surface area contributed by atoms with Gasteiger partial charge < -0.3 is 4.74 Å². The fourth-order valence-electron chi connectivity index (χ4n) is 3.51. The highest BCUT2D eigenvalue weighted by Crippen LogP contribution is 2.33. The van der Waals surface area contributed by atoms with Gasteiger partial charge in [0.15, 0.2) is 0 Å². The summed E-state index contributed by atoms with van der Waals surface area (Å²) in [6, 6.07) is 9.70. The van der Waals surface area contributed by atoms with E-state index in [1.807, 2.05) is 44.3 Å². The Morgan fingerprint density at radius 1 is 1.07 bits per heavy atom. The minimum Gasteiger partial charge on any atom is -0.447 e. The number of carbonyl (C=O) groups excluding carboxylic acids is 1. The number of cyclic esters (lactones) is 1. The van der Waals surface area contributed by atoms with E-state index < -0.39 is 0 Å². The van der Waals surface area contributed by atoms with Crippen molar-refractivity contribution in [3.05, 3.63) is 54.6 Å². The third kappa shape index (κ3) is 2.98. The average molecular weight is 386 g/mol. The Hall–Kier alpha value is -3.81. The minimum absolute atomic E-state index is 0.336. The van der Waals surface area contributed by atoms with Crippen LogP contribution >= 0.6 is 0 Å². The van der Waals surface area contributed by atoms with Crippen LogP contribution in [0.4, 0.5) is 10.5 Å². The fraction of sp³-hybridized carbons (Fsp3) is 0.190. The summed E-state index contributed by atoms with van der Waals surface area (Å²) in [5, 5.41) is 5.19. The number of nitrogens with zero attached hydrogens (tertiary/aromatic N) is 6. The Kier molecular flexibility index (Phi) is 3.97. The molecule has 0 spiro atoms. The molecule has 4 heterocycles. The van der Waals surface area contributed by atoms with Crippen LogP contribution in [0.25, 0.3) is 33.5 Å². The lowest BCUT2D eigenvalue weighted by Gasteiger charge is -2.15. The molecular weight excluding hydrogens is 368 g/mol. The minimum atomic E-state index is -0.336. The standard InChI is InChI=1S/C21H18N6O2/c1-13-11-23-19(12-22-13)16-10-18(20-5-6-24-26(20)2)25-17-9-14(3-4-15(16)17)27-7-8-29-21(27)28/h3-6,9-12H,7-8H2,1-2H3. The molecule has 0 N–H and O–H groups in total. The van der Waals surface area contributed by atoms with Gasteiger partial charge in [0.25, 0.3) is 0 Å². The van der Waals surface area contributed by atoms with E-state index in [2.05, 4.69) is 15.1 Å². The second-order valence-electron chi connectivity index (χ2n) is 6.91. The Labute approximate surface area is 166 Å². The van der Waals surface area contributed by atoms with Crippen molar-refractivity contribution in [1.82, 2.24) is 24.7 Å². The van der Waals surface area contributed by atoms with Crippen molar-refractivity contribution in [2.24, 2.45) is 7.05 Å². The fourth-order valence-corrected chi connectivity index (χ4v) is 3.51. The van der Waals surface area contributed by atoms with Gasteiger partial charge >= 0.3 is 6.09 Å². The lowest BCUT2D eigenvalue weighted by molar-refractivity contribution is 0.181. The predicted octanol–water partition coefficient (Wildman–Crippen LogP) is 3.36. The van der Waals surface area contributed by atoms with E-state index in [9.17, 15) is 4.79 Å². The highest BCUT2D eigenvalue weighted by atomic mass is 16.6. The Morgan fingerprint density at radius 2 is 1.97 bits per heavy atom. The Balaban J connectivity index is 1.74. The Morgan fingerprint density at radius 3 is 2.66 bits per heavy atom. The topological polar surface area (TPSA) is 86.0 Å². The number of fused-ring (bicyclic) bond motifs is 1. The van der Waals surface area contributed by atoms with Gasteiger partial charge in [-0.15, -0.1) is 0 Å². The van der Waals surface area contributed by atoms with Crippen LogP contribution in [-0.2, 0) is 11.8 Å². The summed E-state index contributed by atoms with van der Waals surface area (Å²) in [5.74, 6) is 0. The second-order valence-corrected chi connectivity index (χ2v) is 6.91. The van der Waals surface area contributed by atoms with Crippen LogP contribution in [-0.4, -0.2) is 44.0 Å². The van der Waals surface area contributed by atoms with Crippen LogP contribution in [0.1, 0.15) is 5.69 Å². The number of aromatic nitrogens is 5. The van der Waals surface area contributed by atoms with Crippen LogP contribution < -0.4 is 4.90 Å². The maximum atomic E-state index is 12.0. The molecule has 1 aliphatic heterocycles. The number of pyridine rings is 1. The molecule has 8 nitrogen and oxygen atoms in total. The molecule has 1 amide bonds. The van der Waals surface area contributed by atoms with Crippen molar-refractivity contribution in [3.63, 3.8) is 0 Å². The van der Waals surface area contributed by atoms with Crippen LogP contribution in [0.2, 0.25) is 0 Å². The molecule has 144 valence electrons. The molecule has 0 bridgehead atoms. The van der Waals surface area contributed by atoms with Gasteiger partial charge in [-0.2, -0.15) is 5.10 Å². The van der Waals surface area contributed by atoms with Gasteiger partial charge in [-0.05, 0) is 31.2 Å². The van der Waals surface area contributed by atoms with E-state index in [4.69, 9.17) is 9.72 Å². The number of amides is 1. The van der Waals surface area contributed by atoms with E-state index in [-0.39, 0.29) is 6.09 Å². The van der Waals surface area contributed by atoms with Gasteiger partial charge in [0.1, 0.15) is 6.61 Å². The van der Waals surface area contributed by atoms with Gasteiger partial charge in [0.2, 0.25) is 0 Å². The molecule has 0 saturated carbocycles. The molecule has 1 aliphatic rings. The van der Waals surface area contributed by atoms with Crippen LogP contribution in [0.3, 0.4) is 0 Å². The highest BCUT2D eigenvalue weighted by molar-refractivity contribution is 5.99. The van der Waals surface area contributed by atoms with Crippen LogP contribution in [0.5, 0.6) is 0 Å². The number of hydrogen-bond donors (Lipinski definition) is 0. The molecule has 1 aromatic carbocycles. The first-order chi connectivity index (χ1) is 14.1. The van der Waals surface area contributed by atoms with E-state index in [1.54, 1.807) is 28.2 Å². The zero-order valence-electron chi connectivity index (χ0n) is 16.0. The second kappa shape index (κ2) is 6.66. The van der Waals surface area contributed by atoms with Gasteiger partial charge in [0.05, 0.1) is 41.0 Å². The van der Waals surface area contributed by atoms with Crippen molar-refractivity contribution >= 4 is 22.7 Å². The summed E-state index contributed by atoms with van der Waals surface area (Å²) in [6.07, 6.45) is 4.92. The first kappa shape index (κ1) is 17.3. The van der Waals surface area contributed by atoms with Crippen molar-refractivity contribution in [2.45, 2.75) is 6.92 Å². The van der Waals surface area contributed by atoms with E-state index in [0.29, 0.717) is 13.2 Å². The van der Waals surface area contributed by atoms with Gasteiger partial charge in [0, 0.05) is 36.1 Å². The third-order valence-electron chi connectivity index (χ3n) is 5.01. The quantitative estimate of drug-likeness (QED) is 0.537. The molecule has 1 fully saturated rings. The molecule has 4 aromatic rings. The molecule has 0 aliphatic carbocycles. The summed E-state index contributed by atoms with van der Waals surface area (Å²) in [7, 11) is 1.88. The smallest absolute Gasteiger partial charge is 0.414 e. The predicted molar refractivity (Wildman–Crippen MR) is 108 cm³/mol. The molecule has 1 saturated heterocycles. The highest BCUT2D eigenvalue weighted by Gasteiger charge is 2.24. The van der Waals surface area contributed by atoms with Crippen LogP contribution in [0.15, 0.2) is 48.9 Å². The first-order valence-corrected chi connectivity index (χ1v) is 9.26. The number of rotatable bonds is 3. The number of anilines is 1. The first-order valence-electron chi connectivity index (χ1n) is 9.26. The summed E-state index contributed by atoms with van der Waals surface area (Å²) in [5.41, 5.74) is 5.73. The molecule has 29 heavy (non-hydrogen) atoms. The molecule has 0 unspecified atom stereocenters. The zero-order chi connectivity index (χ0) is 20.0. The van der Waals surface area contributed by atoms with Crippen LogP contribution in [0, 0.1) is 6.92 Å². The maximum absolute atomic E-state index is 12.0. The molecule has 0 atom stereocenters. The number of hydrogen-bond acceptors (Lipinski definition) is 6. The van der Waals surface area contributed by atoms with E-state index in [0.717, 1.165) is 44.9 Å². The molecular formula is C21H18N6O2. The number of aryl methyl sites for hydroxylation is 2. The number of benzene rings is 1. The summed E-state index contributed by atoms with van der Waals surface area (Å²) >= 11 is 0. The molecule has 5 rings (SSSR count). The third-order valence-corrected chi connectivity index (χ3v) is 5.01. The van der Waals surface area contributed by atoms with Gasteiger partial charge in [-0.25, -0.2) is 9.78 Å². The molecule has 8 heteroatoms. The summed E-state index contributed by atoms with van der Waals surface area (Å²) < 4.78 is 6.85. The normalized spacial score (nSPS) is 13.9. The lowest BCUT2D eigenvalue weighted by Crippen LogP contribution is -2.23. The largest absolute Gasteiger partial charge is 0.447 e. The monoisotopic (exact) mass is 386 g/mol. The van der Waals surface area contributed by atoms with Gasteiger partial charge in [-0.3, -0.25) is 19.5 Å². The van der Waals surface area contributed by atoms with Crippen molar-refractivity contribution in [3.8, 4) is 22.6 Å². The SMILES string of the molecule is Cc1cnc(-c2cc(-c3ccnn3C)nc3cc(N4CCOC4=O)ccc23)cn1. The van der Waals surface area contributed by atoms with Gasteiger partial charge in [-0.1, -0.05) is 6.07 Å². The molecule has 3 aromatic heterocycles. The number of ether oxygens (including phenoxy) is 1. The summed E-state index contributed by atoms with van der Waals surface area (Å²) in [4.78, 5) is 27.4. The molecule has 0 radical (unpaired) electrons. The van der Waals surface area contributed by atoms with E-state index >= 15 is 0 Å². The van der Waals surface area contributed by atoms with Crippen molar-refractivity contribution < 1.29 is 9.53 Å². The van der Waals surface area contributed by atoms with Crippen molar-refractivity contribution in [1.29, 1.82) is 0 Å². The summed E-state index contributed by atoms with van der Waals surface area (Å²) in [6.45, 7) is 2.83. The number of carbonyl (C=O) groups is 1. The zero-order valence-corrected chi connectivity index (χ0v) is 16.0.